The summed E-state index contributed by atoms with van der Waals surface area (Å²) < 4.78 is 27.4. The van der Waals surface area contributed by atoms with Crippen molar-refractivity contribution in [2.24, 2.45) is 0 Å². The summed E-state index contributed by atoms with van der Waals surface area (Å²) in [6.07, 6.45) is 1.95. The van der Waals surface area contributed by atoms with E-state index in [1.165, 1.54) is 0 Å². The zero-order valence-electron chi connectivity index (χ0n) is 10.9. The zero-order valence-corrected chi connectivity index (χ0v) is 11.7. The molecule has 4 nitrogen and oxygen atoms in total. The van der Waals surface area contributed by atoms with Crippen LogP contribution in [0.5, 0.6) is 0 Å². The highest BCUT2D eigenvalue weighted by atomic mass is 32.2. The summed E-state index contributed by atoms with van der Waals surface area (Å²) in [4.78, 5) is 2.55. The first-order valence-electron chi connectivity index (χ1n) is 6.25. The zero-order chi connectivity index (χ0) is 13.2. The molecule has 0 bridgehead atoms. The van der Waals surface area contributed by atoms with Gasteiger partial charge in [0.2, 0.25) is 10.0 Å². The highest BCUT2D eigenvalue weighted by molar-refractivity contribution is 7.89. The molecule has 5 heteroatoms. The van der Waals surface area contributed by atoms with Gasteiger partial charge in [-0.25, -0.2) is 13.1 Å². The van der Waals surface area contributed by atoms with Crippen molar-refractivity contribution in [3.63, 3.8) is 0 Å². The maximum atomic E-state index is 12.3. The van der Waals surface area contributed by atoms with E-state index in [1.54, 1.807) is 12.1 Å². The number of likely N-dealkylation sites (N-methyl/N-ethyl adjacent to an activating group) is 1. The lowest BCUT2D eigenvalue weighted by Gasteiger charge is -2.30. The Kier molecular flexibility index (Phi) is 4.04. The Morgan fingerprint density at radius 1 is 1.33 bits per heavy atom. The summed E-state index contributed by atoms with van der Waals surface area (Å²) in [6, 6.07) is 7.11. The van der Waals surface area contributed by atoms with E-state index in [2.05, 4.69) is 9.62 Å². The molecule has 1 fully saturated rings. The molecule has 1 saturated heterocycles. The van der Waals surface area contributed by atoms with Crippen LogP contribution in [-0.4, -0.2) is 39.5 Å². The number of likely N-dealkylation sites (tertiary alicyclic amines) is 1. The number of hydrogen-bond donors (Lipinski definition) is 1. The van der Waals surface area contributed by atoms with E-state index in [4.69, 9.17) is 0 Å². The maximum absolute atomic E-state index is 12.3. The third kappa shape index (κ3) is 3.10. The smallest absolute Gasteiger partial charge is 0.241 e. The van der Waals surface area contributed by atoms with Crippen LogP contribution in [0, 0.1) is 6.92 Å². The Bertz CT molecular complexity index is 513. The second kappa shape index (κ2) is 5.38. The third-order valence-corrected chi connectivity index (χ3v) is 5.01. The molecule has 0 aromatic heterocycles. The van der Waals surface area contributed by atoms with Gasteiger partial charge < -0.3 is 4.90 Å². The van der Waals surface area contributed by atoms with E-state index in [-0.39, 0.29) is 6.04 Å². The highest BCUT2D eigenvalue weighted by Crippen LogP contribution is 2.16. The molecule has 2 rings (SSSR count). The predicted molar refractivity (Wildman–Crippen MR) is 72.0 cm³/mol. The van der Waals surface area contributed by atoms with E-state index in [9.17, 15) is 8.42 Å². The predicted octanol–water partition coefficient (Wildman–Crippen LogP) is 1.37. The molecule has 0 aliphatic carbocycles. The van der Waals surface area contributed by atoms with Crippen LogP contribution < -0.4 is 4.72 Å². The van der Waals surface area contributed by atoms with Crippen LogP contribution in [-0.2, 0) is 10.0 Å². The van der Waals surface area contributed by atoms with E-state index in [0.717, 1.165) is 31.5 Å². The van der Waals surface area contributed by atoms with Crippen molar-refractivity contribution in [1.82, 2.24) is 9.62 Å². The minimum Gasteiger partial charge on any atom is -0.305 e. The molecular weight excluding hydrogens is 248 g/mol. The van der Waals surface area contributed by atoms with Crippen molar-refractivity contribution < 1.29 is 8.42 Å². The van der Waals surface area contributed by atoms with Gasteiger partial charge in [-0.05, 0) is 45.0 Å². The Morgan fingerprint density at radius 3 is 2.72 bits per heavy atom. The Labute approximate surface area is 109 Å². The van der Waals surface area contributed by atoms with Gasteiger partial charge in [0, 0.05) is 12.6 Å². The minimum atomic E-state index is -3.39. The van der Waals surface area contributed by atoms with Gasteiger partial charge in [0.05, 0.1) is 4.90 Å². The van der Waals surface area contributed by atoms with Crippen molar-refractivity contribution in [1.29, 1.82) is 0 Å². The monoisotopic (exact) mass is 268 g/mol. The quantitative estimate of drug-likeness (QED) is 0.900. The Hall–Kier alpha value is -0.910. The summed E-state index contributed by atoms with van der Waals surface area (Å²) in [7, 11) is -1.37. The van der Waals surface area contributed by atoms with Gasteiger partial charge in [0.1, 0.15) is 0 Å². The lowest BCUT2D eigenvalue weighted by atomic mass is 10.1. The average Bonchev–Trinajstić information content (AvgIpc) is 2.28. The van der Waals surface area contributed by atoms with Gasteiger partial charge in [-0.2, -0.15) is 0 Å². The first kappa shape index (κ1) is 13.5. The van der Waals surface area contributed by atoms with Crippen molar-refractivity contribution in [2.45, 2.75) is 30.7 Å². The van der Waals surface area contributed by atoms with E-state index >= 15 is 0 Å². The fourth-order valence-corrected chi connectivity index (χ4v) is 3.91. The maximum Gasteiger partial charge on any atom is 0.241 e. The number of piperidine rings is 1. The molecular formula is C13H20N2O2S. The number of nitrogens with zero attached hydrogens (tertiary/aromatic N) is 1. The lowest BCUT2D eigenvalue weighted by molar-refractivity contribution is 0.242. The SMILES string of the molecule is Cc1ccccc1S(=O)(=O)NC1CCCN(C)C1. The first-order valence-corrected chi connectivity index (χ1v) is 7.74. The third-order valence-electron chi connectivity index (χ3n) is 3.33. The summed E-state index contributed by atoms with van der Waals surface area (Å²) in [5.41, 5.74) is 0.786. The summed E-state index contributed by atoms with van der Waals surface area (Å²) >= 11 is 0. The molecule has 1 unspecified atom stereocenters. The fraction of sp³-hybridized carbons (Fsp3) is 0.538. The summed E-state index contributed by atoms with van der Waals surface area (Å²) in [5, 5.41) is 0. The van der Waals surface area contributed by atoms with Crippen LogP contribution in [0.4, 0.5) is 0 Å². The second-order valence-electron chi connectivity index (χ2n) is 4.99. The van der Waals surface area contributed by atoms with Crippen molar-refractivity contribution in [3.05, 3.63) is 29.8 Å². The molecule has 1 aliphatic heterocycles. The largest absolute Gasteiger partial charge is 0.305 e. The summed E-state index contributed by atoms with van der Waals surface area (Å²) in [5.74, 6) is 0. The van der Waals surface area contributed by atoms with E-state index in [1.807, 2.05) is 26.1 Å². The van der Waals surface area contributed by atoms with Gasteiger partial charge in [0.25, 0.3) is 0 Å². The van der Waals surface area contributed by atoms with E-state index in [0.29, 0.717) is 4.90 Å². The van der Waals surface area contributed by atoms with Crippen LogP contribution in [0.3, 0.4) is 0 Å². The summed E-state index contributed by atoms with van der Waals surface area (Å²) in [6.45, 7) is 3.65. The number of aryl methyl sites for hydroxylation is 1. The molecule has 0 spiro atoms. The molecule has 1 atom stereocenters. The van der Waals surface area contributed by atoms with Crippen molar-refractivity contribution in [3.8, 4) is 0 Å². The van der Waals surface area contributed by atoms with Gasteiger partial charge in [-0.1, -0.05) is 18.2 Å². The molecule has 0 radical (unpaired) electrons. The fourth-order valence-electron chi connectivity index (χ4n) is 2.40. The molecule has 1 aliphatic rings. The standard InChI is InChI=1S/C13H20N2O2S/c1-11-6-3-4-8-13(11)18(16,17)14-12-7-5-9-15(2)10-12/h3-4,6,8,12,14H,5,7,9-10H2,1-2H3. The number of rotatable bonds is 3. The topological polar surface area (TPSA) is 49.4 Å². The van der Waals surface area contributed by atoms with Crippen LogP contribution in [0.25, 0.3) is 0 Å². The van der Waals surface area contributed by atoms with Gasteiger partial charge in [0.15, 0.2) is 0 Å². The second-order valence-corrected chi connectivity index (χ2v) is 6.67. The van der Waals surface area contributed by atoms with Crippen LogP contribution in [0.15, 0.2) is 29.2 Å². The number of sulfonamides is 1. The Balaban J connectivity index is 2.15. The molecule has 0 amide bonds. The number of benzene rings is 1. The molecule has 1 heterocycles. The molecule has 0 saturated carbocycles. The van der Waals surface area contributed by atoms with Crippen LogP contribution >= 0.6 is 0 Å². The molecule has 18 heavy (non-hydrogen) atoms. The van der Waals surface area contributed by atoms with Crippen molar-refractivity contribution in [2.75, 3.05) is 20.1 Å². The Morgan fingerprint density at radius 2 is 2.06 bits per heavy atom. The van der Waals surface area contributed by atoms with Gasteiger partial charge in [-0.3, -0.25) is 0 Å². The average molecular weight is 268 g/mol. The molecule has 1 N–H and O–H groups in total. The molecule has 1 aromatic rings. The van der Waals surface area contributed by atoms with Crippen molar-refractivity contribution >= 4 is 10.0 Å². The van der Waals surface area contributed by atoms with Crippen LogP contribution in [0.2, 0.25) is 0 Å². The first-order chi connectivity index (χ1) is 8.49. The molecule has 100 valence electrons. The van der Waals surface area contributed by atoms with E-state index < -0.39 is 10.0 Å². The number of hydrogen-bond acceptors (Lipinski definition) is 3. The molecule has 1 aromatic carbocycles. The normalized spacial score (nSPS) is 22.0. The lowest BCUT2D eigenvalue weighted by Crippen LogP contribution is -2.46. The number of nitrogens with one attached hydrogen (secondary N) is 1. The van der Waals surface area contributed by atoms with Gasteiger partial charge >= 0.3 is 0 Å². The highest BCUT2D eigenvalue weighted by Gasteiger charge is 2.24. The van der Waals surface area contributed by atoms with Crippen LogP contribution in [0.1, 0.15) is 18.4 Å². The minimum absolute atomic E-state index is 0.0216. The van der Waals surface area contributed by atoms with Gasteiger partial charge in [-0.15, -0.1) is 0 Å².